The summed E-state index contributed by atoms with van der Waals surface area (Å²) in [7, 11) is 0. The Morgan fingerprint density at radius 3 is 2.82 bits per heavy atom. The molecule has 0 atom stereocenters. The normalized spacial score (nSPS) is 22.4. The largest absolute Gasteiger partial charge is 0.481 e. The molecule has 1 fully saturated rings. The van der Waals surface area contributed by atoms with E-state index >= 15 is 0 Å². The molecule has 0 bridgehead atoms. The molecular weight excluding hydrogens is 220 g/mol. The van der Waals surface area contributed by atoms with E-state index in [-0.39, 0.29) is 0 Å². The van der Waals surface area contributed by atoms with E-state index in [9.17, 15) is 9.90 Å². The van der Waals surface area contributed by atoms with Crippen molar-refractivity contribution in [1.29, 1.82) is 0 Å². The molecule has 2 heterocycles. The van der Waals surface area contributed by atoms with E-state index in [1.807, 2.05) is 0 Å². The molecule has 0 amide bonds. The summed E-state index contributed by atoms with van der Waals surface area (Å²) in [6.45, 7) is 1.02. The van der Waals surface area contributed by atoms with Gasteiger partial charge in [0.15, 0.2) is 0 Å². The number of nitrogens with one attached hydrogen (secondary N) is 1. The molecule has 2 aliphatic rings. The van der Waals surface area contributed by atoms with Gasteiger partial charge < -0.3 is 9.84 Å². The lowest BCUT2D eigenvalue weighted by molar-refractivity contribution is -0.148. The smallest absolute Gasteiger partial charge is 0.316 e. The number of rotatable bonds is 2. The molecule has 1 saturated heterocycles. The van der Waals surface area contributed by atoms with Crippen LogP contribution in [0.25, 0.3) is 0 Å². The lowest BCUT2D eigenvalue weighted by Gasteiger charge is -2.32. The summed E-state index contributed by atoms with van der Waals surface area (Å²) >= 11 is 0. The van der Waals surface area contributed by atoms with Crippen molar-refractivity contribution in [2.75, 3.05) is 13.2 Å². The second kappa shape index (κ2) is 3.84. The monoisotopic (exact) mass is 236 g/mol. The van der Waals surface area contributed by atoms with Crippen LogP contribution in [-0.4, -0.2) is 34.5 Å². The summed E-state index contributed by atoms with van der Waals surface area (Å²) < 4.78 is 5.29. The van der Waals surface area contributed by atoms with E-state index in [1.165, 1.54) is 0 Å². The summed E-state index contributed by atoms with van der Waals surface area (Å²) in [5, 5.41) is 16.9. The number of H-pyrrole nitrogens is 1. The van der Waals surface area contributed by atoms with E-state index in [2.05, 4.69) is 10.2 Å². The third-order valence-corrected chi connectivity index (χ3v) is 4.02. The first-order chi connectivity index (χ1) is 8.24. The van der Waals surface area contributed by atoms with Crippen LogP contribution in [0.4, 0.5) is 0 Å². The Morgan fingerprint density at radius 2 is 2.12 bits per heavy atom. The van der Waals surface area contributed by atoms with Gasteiger partial charge in [-0.15, -0.1) is 0 Å². The maximum atomic E-state index is 11.7. The Labute approximate surface area is 99.2 Å². The first-order valence-electron chi connectivity index (χ1n) is 6.12. The number of aliphatic carboxylic acids is 1. The first-order valence-corrected chi connectivity index (χ1v) is 6.12. The molecule has 0 saturated carbocycles. The van der Waals surface area contributed by atoms with Crippen LogP contribution in [0.5, 0.6) is 0 Å². The number of ether oxygens (including phenoxy) is 1. The van der Waals surface area contributed by atoms with Crippen LogP contribution in [0.2, 0.25) is 0 Å². The first kappa shape index (κ1) is 10.8. The highest BCUT2D eigenvalue weighted by Gasteiger charge is 2.46. The minimum atomic E-state index is -0.827. The number of hydrogen-bond donors (Lipinski definition) is 2. The second-order valence-corrected chi connectivity index (χ2v) is 4.88. The highest BCUT2D eigenvalue weighted by atomic mass is 16.5. The van der Waals surface area contributed by atoms with Gasteiger partial charge in [-0.1, -0.05) is 0 Å². The highest BCUT2D eigenvalue weighted by molar-refractivity contribution is 5.81. The average Bonchev–Trinajstić information content (AvgIpc) is 2.91. The van der Waals surface area contributed by atoms with Crippen molar-refractivity contribution in [3.8, 4) is 0 Å². The predicted octanol–water partition coefficient (Wildman–Crippen LogP) is 1.03. The molecule has 0 aromatic carbocycles. The standard InChI is InChI=1S/C12H16N2O3/c15-11(16)12(4-6-17-7-5-12)10-8-2-1-3-9(8)13-14-10/h1-7H2,(H,13,14)(H,15,16). The maximum Gasteiger partial charge on any atom is 0.316 e. The molecular formula is C12H16N2O3. The Morgan fingerprint density at radius 1 is 1.35 bits per heavy atom. The number of hydrogen-bond acceptors (Lipinski definition) is 3. The Balaban J connectivity index is 2.06. The molecule has 0 spiro atoms. The van der Waals surface area contributed by atoms with Crippen LogP contribution in [0.3, 0.4) is 0 Å². The van der Waals surface area contributed by atoms with Gasteiger partial charge in [0.2, 0.25) is 0 Å². The zero-order valence-corrected chi connectivity index (χ0v) is 9.66. The Kier molecular flexibility index (Phi) is 2.43. The number of aryl methyl sites for hydroxylation is 1. The lowest BCUT2D eigenvalue weighted by atomic mass is 9.75. The van der Waals surface area contributed by atoms with Gasteiger partial charge in [0.25, 0.3) is 0 Å². The van der Waals surface area contributed by atoms with Gasteiger partial charge in [-0.25, -0.2) is 0 Å². The van der Waals surface area contributed by atoms with Gasteiger partial charge in [-0.05, 0) is 37.7 Å². The third-order valence-electron chi connectivity index (χ3n) is 4.02. The molecule has 0 radical (unpaired) electrons. The summed E-state index contributed by atoms with van der Waals surface area (Å²) in [5.41, 5.74) is 2.22. The van der Waals surface area contributed by atoms with Crippen LogP contribution in [0, 0.1) is 0 Å². The van der Waals surface area contributed by atoms with E-state index in [4.69, 9.17) is 4.74 Å². The van der Waals surface area contributed by atoms with Crippen molar-refractivity contribution in [2.45, 2.75) is 37.5 Å². The Bertz CT molecular complexity index is 447. The Hall–Kier alpha value is -1.36. The minimum absolute atomic E-state index is 0.508. The molecule has 17 heavy (non-hydrogen) atoms. The van der Waals surface area contributed by atoms with Gasteiger partial charge >= 0.3 is 5.97 Å². The van der Waals surface area contributed by atoms with E-state index in [0.29, 0.717) is 26.1 Å². The number of nitrogens with zero attached hydrogens (tertiary/aromatic N) is 1. The number of fused-ring (bicyclic) bond motifs is 1. The van der Waals surface area contributed by atoms with Gasteiger partial charge in [0.05, 0.1) is 5.69 Å². The topological polar surface area (TPSA) is 75.2 Å². The fraction of sp³-hybridized carbons (Fsp3) is 0.667. The van der Waals surface area contributed by atoms with Crippen LogP contribution in [0.1, 0.15) is 36.2 Å². The predicted molar refractivity (Wildman–Crippen MR) is 60.0 cm³/mol. The van der Waals surface area contributed by atoms with Gasteiger partial charge in [-0.2, -0.15) is 5.10 Å². The molecule has 92 valence electrons. The average molecular weight is 236 g/mol. The summed E-state index contributed by atoms with van der Waals surface area (Å²) in [5.74, 6) is -0.762. The third kappa shape index (κ3) is 1.49. The maximum absolute atomic E-state index is 11.7. The second-order valence-electron chi connectivity index (χ2n) is 4.88. The zero-order chi connectivity index (χ0) is 11.9. The molecule has 1 aliphatic carbocycles. The van der Waals surface area contributed by atoms with E-state index in [1.54, 1.807) is 0 Å². The van der Waals surface area contributed by atoms with Crippen LogP contribution in [0.15, 0.2) is 0 Å². The van der Waals surface area contributed by atoms with Crippen molar-refractivity contribution in [3.05, 3.63) is 17.0 Å². The minimum Gasteiger partial charge on any atom is -0.481 e. The van der Waals surface area contributed by atoms with Crippen molar-refractivity contribution in [2.24, 2.45) is 0 Å². The molecule has 3 rings (SSSR count). The molecule has 1 aliphatic heterocycles. The van der Waals surface area contributed by atoms with Gasteiger partial charge in [-0.3, -0.25) is 9.89 Å². The van der Waals surface area contributed by atoms with E-state index in [0.717, 1.165) is 36.2 Å². The van der Waals surface area contributed by atoms with Crippen molar-refractivity contribution >= 4 is 5.97 Å². The zero-order valence-electron chi connectivity index (χ0n) is 9.66. The van der Waals surface area contributed by atoms with Gasteiger partial charge in [0, 0.05) is 18.9 Å². The van der Waals surface area contributed by atoms with Crippen molar-refractivity contribution in [1.82, 2.24) is 10.2 Å². The summed E-state index contributed by atoms with van der Waals surface area (Å²) in [6, 6.07) is 0. The SMILES string of the molecule is O=C(O)C1(c2n[nH]c3c2CCC3)CCOCC1. The number of carboxylic acid groups (broad SMARTS) is 1. The van der Waals surface area contributed by atoms with E-state index < -0.39 is 11.4 Å². The van der Waals surface area contributed by atoms with Crippen molar-refractivity contribution < 1.29 is 14.6 Å². The lowest BCUT2D eigenvalue weighted by Crippen LogP contribution is -2.42. The van der Waals surface area contributed by atoms with Gasteiger partial charge in [0.1, 0.15) is 5.41 Å². The summed E-state index contributed by atoms with van der Waals surface area (Å²) in [6.07, 6.45) is 4.10. The number of aromatic nitrogens is 2. The fourth-order valence-electron chi connectivity index (χ4n) is 2.99. The highest BCUT2D eigenvalue weighted by Crippen LogP contribution is 2.38. The fourth-order valence-corrected chi connectivity index (χ4v) is 2.99. The molecule has 5 heteroatoms. The molecule has 2 N–H and O–H groups in total. The van der Waals surface area contributed by atoms with Crippen LogP contribution in [-0.2, 0) is 27.8 Å². The van der Waals surface area contributed by atoms with Crippen molar-refractivity contribution in [3.63, 3.8) is 0 Å². The number of carbonyl (C=O) groups is 1. The molecule has 0 unspecified atom stereocenters. The van der Waals surface area contributed by atoms with Crippen LogP contribution < -0.4 is 0 Å². The molecule has 5 nitrogen and oxygen atoms in total. The molecule has 1 aromatic rings. The van der Waals surface area contributed by atoms with Crippen LogP contribution >= 0.6 is 0 Å². The summed E-state index contributed by atoms with van der Waals surface area (Å²) in [4.78, 5) is 11.7. The quantitative estimate of drug-likeness (QED) is 0.804. The number of aromatic amines is 1. The molecule has 1 aromatic heterocycles. The number of carboxylic acids is 1.